The average molecular weight is 409 g/mol. The molecule has 2 N–H and O–H groups in total. The van der Waals surface area contributed by atoms with Crippen LogP contribution in [0.3, 0.4) is 0 Å². The minimum Gasteiger partial charge on any atom is -0.480 e. The van der Waals surface area contributed by atoms with Crippen LogP contribution in [0.15, 0.2) is 18.2 Å². The van der Waals surface area contributed by atoms with E-state index < -0.39 is 58.0 Å². The van der Waals surface area contributed by atoms with E-state index >= 15 is 0 Å². The second-order valence-corrected chi connectivity index (χ2v) is 5.91. The van der Waals surface area contributed by atoms with Crippen LogP contribution in [0.5, 0.6) is 5.75 Å². The Morgan fingerprint density at radius 3 is 2.37 bits per heavy atom. The Morgan fingerprint density at radius 2 is 1.89 bits per heavy atom. The Bertz CT molecular complexity index is 751. The summed E-state index contributed by atoms with van der Waals surface area (Å²) in [4.78, 5) is 45.4. The molecular formula is C15H14F3NO7S. The van der Waals surface area contributed by atoms with Crippen LogP contribution < -0.4 is 10.1 Å². The quantitative estimate of drug-likeness (QED) is 0.687. The zero-order chi connectivity index (χ0) is 20.8. The van der Waals surface area contributed by atoms with Crippen molar-refractivity contribution in [3.63, 3.8) is 0 Å². The van der Waals surface area contributed by atoms with Gasteiger partial charge in [-0.15, -0.1) is 0 Å². The van der Waals surface area contributed by atoms with Gasteiger partial charge in [0.2, 0.25) is 5.91 Å². The van der Waals surface area contributed by atoms with E-state index in [1.54, 1.807) is 0 Å². The molecule has 0 aromatic heterocycles. The summed E-state index contributed by atoms with van der Waals surface area (Å²) >= 11 is 0.301. The molecule has 1 unspecified atom stereocenters. The normalized spacial score (nSPS) is 12.0. The molecule has 0 aliphatic carbocycles. The summed E-state index contributed by atoms with van der Waals surface area (Å²) in [7, 11) is 0.991. The van der Waals surface area contributed by atoms with Crippen molar-refractivity contribution in [1.29, 1.82) is 0 Å². The molecule has 0 fully saturated rings. The molecule has 1 aromatic rings. The van der Waals surface area contributed by atoms with Gasteiger partial charge in [-0.05, 0) is 30.0 Å². The summed E-state index contributed by atoms with van der Waals surface area (Å²) in [5.74, 6) is -4.24. The third kappa shape index (κ3) is 6.81. The van der Waals surface area contributed by atoms with Gasteiger partial charge in [-0.2, -0.15) is 13.2 Å². The molecule has 0 saturated heterocycles. The molecule has 0 saturated carbocycles. The van der Waals surface area contributed by atoms with Gasteiger partial charge in [0.15, 0.2) is 0 Å². The number of thioether (sulfide) groups is 1. The lowest BCUT2D eigenvalue weighted by molar-refractivity contribution is -0.140. The number of carboxylic acid groups (broad SMARTS) is 1. The van der Waals surface area contributed by atoms with Gasteiger partial charge < -0.3 is 19.9 Å². The van der Waals surface area contributed by atoms with Crippen molar-refractivity contribution >= 4 is 34.9 Å². The average Bonchev–Trinajstić information content (AvgIpc) is 2.56. The Labute approximate surface area is 155 Å². The van der Waals surface area contributed by atoms with Crippen LogP contribution in [-0.4, -0.2) is 47.2 Å². The summed E-state index contributed by atoms with van der Waals surface area (Å²) in [5, 5.41) is 9.84. The lowest BCUT2D eigenvalue weighted by Gasteiger charge is -2.14. The van der Waals surface area contributed by atoms with Crippen LogP contribution >= 0.6 is 11.8 Å². The second-order valence-electron chi connectivity index (χ2n) is 4.95. The number of rotatable bonds is 6. The molecular weight excluding hydrogens is 395 g/mol. The molecule has 148 valence electrons. The standard InChI is InChI=1S/C15H14F3NO7S/c1-7(20)19-10(12(21)22)6-27-14(24)26-11-5-8(15(16,17)18)3-4-9(11)13(23)25-2/h3-5,10H,6H2,1-2H3,(H,19,20)(H,21,22). The van der Waals surface area contributed by atoms with Crippen LogP contribution in [0.25, 0.3) is 0 Å². The van der Waals surface area contributed by atoms with E-state index in [1.807, 2.05) is 0 Å². The number of alkyl halides is 3. The summed E-state index contributed by atoms with van der Waals surface area (Å²) in [6, 6.07) is 0.446. The molecule has 1 atom stereocenters. The third-order valence-corrected chi connectivity index (χ3v) is 3.77. The van der Waals surface area contributed by atoms with Crippen molar-refractivity contribution in [1.82, 2.24) is 5.32 Å². The molecule has 27 heavy (non-hydrogen) atoms. The van der Waals surface area contributed by atoms with Crippen LogP contribution in [-0.2, 0) is 20.5 Å². The van der Waals surface area contributed by atoms with E-state index in [0.717, 1.165) is 20.1 Å². The maximum Gasteiger partial charge on any atom is 0.416 e. The maximum absolute atomic E-state index is 12.8. The first-order valence-corrected chi connectivity index (χ1v) is 8.08. The number of hydrogen-bond donors (Lipinski definition) is 2. The van der Waals surface area contributed by atoms with Gasteiger partial charge in [0.25, 0.3) is 0 Å². The summed E-state index contributed by atoms with van der Waals surface area (Å²) in [6.07, 6.45) is -4.75. The minimum absolute atomic E-state index is 0.301. The molecule has 0 spiro atoms. The molecule has 0 bridgehead atoms. The number of carbonyl (C=O) groups is 4. The Morgan fingerprint density at radius 1 is 1.26 bits per heavy atom. The topological polar surface area (TPSA) is 119 Å². The van der Waals surface area contributed by atoms with Crippen molar-refractivity contribution in [3.8, 4) is 5.75 Å². The van der Waals surface area contributed by atoms with Gasteiger partial charge in [0, 0.05) is 12.7 Å². The Kier molecular flexibility index (Phi) is 7.64. The predicted octanol–water partition coefficient (Wildman–Crippen LogP) is 2.31. The van der Waals surface area contributed by atoms with Gasteiger partial charge in [0.05, 0.1) is 12.7 Å². The number of aliphatic carboxylic acids is 1. The zero-order valence-electron chi connectivity index (χ0n) is 14.0. The Hall–Kier alpha value is -2.76. The van der Waals surface area contributed by atoms with Crippen molar-refractivity contribution < 1.29 is 46.9 Å². The van der Waals surface area contributed by atoms with Gasteiger partial charge in [0.1, 0.15) is 17.4 Å². The number of esters is 1. The number of halogens is 3. The van der Waals surface area contributed by atoms with E-state index in [-0.39, 0.29) is 0 Å². The Balaban J connectivity index is 2.97. The van der Waals surface area contributed by atoms with Gasteiger partial charge in [-0.1, -0.05) is 0 Å². The lowest BCUT2D eigenvalue weighted by Crippen LogP contribution is -2.41. The fourth-order valence-electron chi connectivity index (χ4n) is 1.75. The largest absolute Gasteiger partial charge is 0.480 e. The van der Waals surface area contributed by atoms with Crippen LogP contribution in [0.2, 0.25) is 0 Å². The first kappa shape index (κ1) is 22.3. The van der Waals surface area contributed by atoms with Crippen molar-refractivity contribution in [3.05, 3.63) is 29.3 Å². The summed E-state index contributed by atoms with van der Waals surface area (Å²) in [6.45, 7) is 1.07. The summed E-state index contributed by atoms with van der Waals surface area (Å²) < 4.78 is 47.6. The molecule has 0 radical (unpaired) electrons. The van der Waals surface area contributed by atoms with Crippen LogP contribution in [0, 0.1) is 0 Å². The fraction of sp³-hybridized carbons (Fsp3) is 0.333. The van der Waals surface area contributed by atoms with E-state index in [1.165, 1.54) is 0 Å². The lowest BCUT2D eigenvalue weighted by atomic mass is 10.1. The van der Waals surface area contributed by atoms with Crippen LogP contribution in [0.1, 0.15) is 22.8 Å². The van der Waals surface area contributed by atoms with E-state index in [2.05, 4.69) is 10.1 Å². The first-order valence-electron chi connectivity index (χ1n) is 7.09. The van der Waals surface area contributed by atoms with E-state index in [4.69, 9.17) is 9.84 Å². The smallest absolute Gasteiger partial charge is 0.416 e. The second kappa shape index (κ2) is 9.26. The molecule has 12 heteroatoms. The molecule has 1 aromatic carbocycles. The molecule has 0 aliphatic rings. The minimum atomic E-state index is -4.75. The van der Waals surface area contributed by atoms with E-state index in [9.17, 15) is 32.3 Å². The number of methoxy groups -OCH3 is 1. The van der Waals surface area contributed by atoms with Gasteiger partial charge >= 0.3 is 23.4 Å². The van der Waals surface area contributed by atoms with E-state index in [0.29, 0.717) is 23.9 Å². The number of amides is 1. The van der Waals surface area contributed by atoms with Crippen LogP contribution in [0.4, 0.5) is 18.0 Å². The molecule has 1 amide bonds. The SMILES string of the molecule is COC(=O)c1ccc(C(F)(F)F)cc1OC(=O)SCC(NC(C)=O)C(=O)O. The third-order valence-electron chi connectivity index (χ3n) is 2.95. The number of ether oxygens (including phenoxy) is 2. The monoisotopic (exact) mass is 409 g/mol. The molecule has 1 rings (SSSR count). The number of carbonyl (C=O) groups excluding carboxylic acids is 3. The number of benzene rings is 1. The maximum atomic E-state index is 12.8. The highest BCUT2D eigenvalue weighted by Gasteiger charge is 2.32. The first-order chi connectivity index (χ1) is 12.5. The number of carboxylic acids is 1. The number of hydrogen-bond acceptors (Lipinski definition) is 7. The summed E-state index contributed by atoms with van der Waals surface area (Å²) in [5.41, 5.74) is -1.58. The predicted molar refractivity (Wildman–Crippen MR) is 86.5 cm³/mol. The highest BCUT2D eigenvalue weighted by molar-refractivity contribution is 8.13. The molecule has 0 heterocycles. The molecule has 8 nitrogen and oxygen atoms in total. The van der Waals surface area contributed by atoms with Gasteiger partial charge in [-0.3, -0.25) is 4.79 Å². The van der Waals surface area contributed by atoms with Crippen molar-refractivity contribution in [2.75, 3.05) is 12.9 Å². The molecule has 0 aliphatic heterocycles. The van der Waals surface area contributed by atoms with Crippen molar-refractivity contribution in [2.45, 2.75) is 19.1 Å². The zero-order valence-corrected chi connectivity index (χ0v) is 14.8. The fourth-order valence-corrected chi connectivity index (χ4v) is 2.43. The highest BCUT2D eigenvalue weighted by Crippen LogP contribution is 2.34. The van der Waals surface area contributed by atoms with Gasteiger partial charge in [-0.25, -0.2) is 14.4 Å². The van der Waals surface area contributed by atoms with Crippen molar-refractivity contribution in [2.24, 2.45) is 0 Å². The number of nitrogens with one attached hydrogen (secondary N) is 1. The highest BCUT2D eigenvalue weighted by atomic mass is 32.2.